The van der Waals surface area contributed by atoms with E-state index in [9.17, 15) is 14.7 Å². The number of rotatable bonds is 6. The lowest BCUT2D eigenvalue weighted by Gasteiger charge is -2.19. The Hall–Kier alpha value is -4.98. The van der Waals surface area contributed by atoms with Crippen LogP contribution < -0.4 is 10.6 Å². The number of imidazole rings is 1. The van der Waals surface area contributed by atoms with Gasteiger partial charge in [-0.25, -0.2) is 14.8 Å². The number of aryl methyl sites for hydroxylation is 1. The van der Waals surface area contributed by atoms with E-state index in [2.05, 4.69) is 36.4 Å². The number of anilines is 3. The van der Waals surface area contributed by atoms with Crippen molar-refractivity contribution < 1.29 is 14.7 Å². The van der Waals surface area contributed by atoms with Gasteiger partial charge in [0.2, 0.25) is 0 Å². The van der Waals surface area contributed by atoms with Crippen LogP contribution in [0.25, 0.3) is 16.9 Å². The van der Waals surface area contributed by atoms with Gasteiger partial charge in [-0.3, -0.25) is 4.79 Å². The zero-order valence-corrected chi connectivity index (χ0v) is 22.2. The predicted molar refractivity (Wildman–Crippen MR) is 153 cm³/mol. The zero-order chi connectivity index (χ0) is 27.7. The molecule has 5 aromatic rings. The van der Waals surface area contributed by atoms with Gasteiger partial charge in [-0.15, -0.1) is 0 Å². The Bertz CT molecular complexity index is 1700. The van der Waals surface area contributed by atoms with Gasteiger partial charge >= 0.3 is 5.97 Å². The highest BCUT2D eigenvalue weighted by molar-refractivity contribution is 6.05. The minimum Gasteiger partial charge on any atom is -0.478 e. The van der Waals surface area contributed by atoms with Crippen LogP contribution in [0, 0.1) is 6.92 Å². The molecule has 0 aliphatic heterocycles. The van der Waals surface area contributed by atoms with E-state index in [-0.39, 0.29) is 16.9 Å². The number of carbonyl (C=O) groups is 2. The molecule has 8 nitrogen and oxygen atoms in total. The summed E-state index contributed by atoms with van der Waals surface area (Å²) in [6.45, 7) is 8.35. The minimum absolute atomic E-state index is 0.00663. The number of carboxylic acid groups (broad SMARTS) is 1. The molecule has 2 aromatic heterocycles. The molecule has 196 valence electrons. The minimum atomic E-state index is -1.04. The SMILES string of the molecule is Cc1ccc(-c2cn3ccnc3c(Nc3ccccc3C(=O)O)n2)cc1NC(=O)c1ccc(C(C)(C)C)cc1. The van der Waals surface area contributed by atoms with E-state index in [1.54, 1.807) is 30.6 Å². The second-order valence-corrected chi connectivity index (χ2v) is 10.4. The largest absolute Gasteiger partial charge is 0.478 e. The number of aromatic carboxylic acids is 1. The van der Waals surface area contributed by atoms with E-state index in [0.717, 1.165) is 16.7 Å². The number of benzene rings is 3. The van der Waals surface area contributed by atoms with E-state index < -0.39 is 5.97 Å². The first-order valence-corrected chi connectivity index (χ1v) is 12.6. The molecule has 0 radical (unpaired) electrons. The van der Waals surface area contributed by atoms with Gasteiger partial charge in [0.05, 0.1) is 16.9 Å². The van der Waals surface area contributed by atoms with Crippen LogP contribution in [-0.4, -0.2) is 31.4 Å². The van der Waals surface area contributed by atoms with Crippen LogP contribution >= 0.6 is 0 Å². The third kappa shape index (κ3) is 5.36. The monoisotopic (exact) mass is 519 g/mol. The Balaban J connectivity index is 1.47. The molecule has 0 fully saturated rings. The van der Waals surface area contributed by atoms with Crippen LogP contribution in [0.5, 0.6) is 0 Å². The quantitative estimate of drug-likeness (QED) is 0.230. The molecule has 0 aliphatic rings. The lowest BCUT2D eigenvalue weighted by atomic mass is 9.86. The van der Waals surface area contributed by atoms with Crippen molar-refractivity contribution in [3.05, 3.63) is 108 Å². The van der Waals surface area contributed by atoms with Gasteiger partial charge in [-0.1, -0.05) is 57.2 Å². The zero-order valence-electron chi connectivity index (χ0n) is 22.2. The number of nitrogens with zero attached hydrogens (tertiary/aromatic N) is 3. The second kappa shape index (κ2) is 10.1. The summed E-state index contributed by atoms with van der Waals surface area (Å²) in [5.41, 5.74) is 5.84. The van der Waals surface area contributed by atoms with Gasteiger partial charge < -0.3 is 20.1 Å². The van der Waals surface area contributed by atoms with E-state index >= 15 is 0 Å². The third-order valence-electron chi connectivity index (χ3n) is 6.58. The van der Waals surface area contributed by atoms with Crippen molar-refractivity contribution in [2.45, 2.75) is 33.1 Å². The van der Waals surface area contributed by atoms with Crippen molar-refractivity contribution >= 4 is 34.7 Å². The standard InChI is InChI=1S/C31H29N5O3/c1-19-9-10-21(17-25(19)35-29(37)20-11-13-22(14-12-20)31(2,3)4)26-18-36-16-15-32-28(36)27(34-26)33-24-8-6-5-7-23(24)30(38)39/h5-18H,1-4H3,(H,33,34)(H,35,37)(H,38,39). The van der Waals surface area contributed by atoms with E-state index in [1.165, 1.54) is 6.07 Å². The number of hydrogen-bond donors (Lipinski definition) is 3. The molecule has 0 bridgehead atoms. The van der Waals surface area contributed by atoms with Crippen LogP contribution in [0.2, 0.25) is 0 Å². The van der Waals surface area contributed by atoms with Crippen LogP contribution in [0.1, 0.15) is 52.6 Å². The van der Waals surface area contributed by atoms with Crippen molar-refractivity contribution in [1.29, 1.82) is 0 Å². The van der Waals surface area contributed by atoms with Gasteiger partial charge in [-0.2, -0.15) is 0 Å². The molecular formula is C31H29N5O3. The smallest absolute Gasteiger partial charge is 0.337 e. The maximum atomic E-state index is 13.1. The summed E-state index contributed by atoms with van der Waals surface area (Å²) in [6, 6.07) is 20.1. The first-order chi connectivity index (χ1) is 18.6. The summed E-state index contributed by atoms with van der Waals surface area (Å²) in [5, 5.41) is 15.8. The number of carbonyl (C=O) groups excluding carboxylic acids is 1. The molecular weight excluding hydrogens is 490 g/mol. The lowest BCUT2D eigenvalue weighted by Crippen LogP contribution is -2.15. The maximum absolute atomic E-state index is 13.1. The molecule has 0 saturated heterocycles. The number of nitrogens with one attached hydrogen (secondary N) is 2. The number of hydrogen-bond acceptors (Lipinski definition) is 5. The highest BCUT2D eigenvalue weighted by atomic mass is 16.4. The molecule has 0 aliphatic carbocycles. The molecule has 5 rings (SSSR count). The summed E-state index contributed by atoms with van der Waals surface area (Å²) in [6.07, 6.45) is 5.30. The van der Waals surface area contributed by atoms with Crippen LogP contribution in [0.4, 0.5) is 17.2 Å². The highest BCUT2D eigenvalue weighted by Gasteiger charge is 2.17. The van der Waals surface area contributed by atoms with Crippen LogP contribution in [0.15, 0.2) is 85.3 Å². The molecule has 1 amide bonds. The summed E-state index contributed by atoms with van der Waals surface area (Å²) in [4.78, 5) is 33.9. The highest BCUT2D eigenvalue weighted by Crippen LogP contribution is 2.29. The van der Waals surface area contributed by atoms with Crippen molar-refractivity contribution in [2.24, 2.45) is 0 Å². The Morgan fingerprint density at radius 3 is 2.41 bits per heavy atom. The van der Waals surface area contributed by atoms with Crippen molar-refractivity contribution in [3.8, 4) is 11.3 Å². The van der Waals surface area contributed by atoms with E-state index in [0.29, 0.717) is 34.1 Å². The predicted octanol–water partition coefficient (Wildman–Crippen LogP) is 6.70. The van der Waals surface area contributed by atoms with Crippen LogP contribution in [0.3, 0.4) is 0 Å². The maximum Gasteiger partial charge on any atom is 0.337 e. The third-order valence-corrected chi connectivity index (χ3v) is 6.58. The number of amides is 1. The Kier molecular flexibility index (Phi) is 6.62. The normalized spacial score (nSPS) is 11.4. The average molecular weight is 520 g/mol. The van der Waals surface area contributed by atoms with Gasteiger partial charge in [0.15, 0.2) is 11.5 Å². The molecule has 0 atom stereocenters. The van der Waals surface area contributed by atoms with E-state index in [4.69, 9.17) is 4.98 Å². The van der Waals surface area contributed by atoms with Gasteiger partial charge in [-0.05, 0) is 53.8 Å². The molecule has 3 aromatic carbocycles. The van der Waals surface area contributed by atoms with E-state index in [1.807, 2.05) is 60.0 Å². The number of fused-ring (bicyclic) bond motifs is 1. The van der Waals surface area contributed by atoms with Crippen molar-refractivity contribution in [1.82, 2.24) is 14.4 Å². The summed E-state index contributed by atoms with van der Waals surface area (Å²) >= 11 is 0. The molecule has 3 N–H and O–H groups in total. The first kappa shape index (κ1) is 25.7. The van der Waals surface area contributed by atoms with Gasteiger partial charge in [0.25, 0.3) is 5.91 Å². The summed E-state index contributed by atoms with van der Waals surface area (Å²) in [5.74, 6) is -0.821. The molecule has 0 spiro atoms. The molecule has 8 heteroatoms. The summed E-state index contributed by atoms with van der Waals surface area (Å²) in [7, 11) is 0. The first-order valence-electron chi connectivity index (χ1n) is 12.6. The van der Waals surface area contributed by atoms with Crippen molar-refractivity contribution in [3.63, 3.8) is 0 Å². The van der Waals surface area contributed by atoms with Gasteiger partial charge in [0.1, 0.15) is 0 Å². The topological polar surface area (TPSA) is 109 Å². The Morgan fingerprint density at radius 2 is 1.69 bits per heavy atom. The van der Waals surface area contributed by atoms with Crippen molar-refractivity contribution in [2.75, 3.05) is 10.6 Å². The number of carboxylic acids is 1. The second-order valence-electron chi connectivity index (χ2n) is 10.4. The fraction of sp³-hybridized carbons (Fsp3) is 0.161. The molecule has 0 unspecified atom stereocenters. The molecule has 2 heterocycles. The fourth-order valence-corrected chi connectivity index (χ4v) is 4.29. The average Bonchev–Trinajstić information content (AvgIpc) is 3.39. The Labute approximate surface area is 226 Å². The van der Waals surface area contributed by atoms with Gasteiger partial charge in [0, 0.05) is 35.4 Å². The fourth-order valence-electron chi connectivity index (χ4n) is 4.29. The number of aromatic nitrogens is 3. The molecule has 0 saturated carbocycles. The number of para-hydroxylation sites is 1. The lowest BCUT2D eigenvalue weighted by molar-refractivity contribution is 0.0697. The summed E-state index contributed by atoms with van der Waals surface area (Å²) < 4.78 is 1.82. The Morgan fingerprint density at radius 1 is 0.949 bits per heavy atom. The van der Waals surface area contributed by atoms with Crippen LogP contribution in [-0.2, 0) is 5.41 Å². The molecule has 39 heavy (non-hydrogen) atoms.